The van der Waals surface area contributed by atoms with E-state index in [1.165, 1.54) is 18.2 Å². The molecule has 0 fully saturated rings. The third kappa shape index (κ3) is 4.22. The van der Waals surface area contributed by atoms with Gasteiger partial charge in [-0.1, -0.05) is 12.1 Å². The Kier molecular flexibility index (Phi) is 5.73. The number of carbonyl (C=O) groups is 1. The number of aromatic nitrogens is 2. The van der Waals surface area contributed by atoms with Gasteiger partial charge in [-0.2, -0.15) is 0 Å². The van der Waals surface area contributed by atoms with Crippen molar-refractivity contribution in [3.63, 3.8) is 0 Å². The van der Waals surface area contributed by atoms with Gasteiger partial charge in [0.25, 0.3) is 5.69 Å². The first-order valence-corrected chi connectivity index (χ1v) is 7.59. The Morgan fingerprint density at radius 1 is 1.25 bits per heavy atom. The zero-order valence-electron chi connectivity index (χ0n) is 13.5. The van der Waals surface area contributed by atoms with E-state index in [0.29, 0.717) is 30.0 Å². The average molecular weight is 326 g/mol. The van der Waals surface area contributed by atoms with Gasteiger partial charge in [0.1, 0.15) is 0 Å². The molecule has 2 rings (SSSR count). The maximum absolute atomic E-state index is 11.9. The fourth-order valence-electron chi connectivity index (χ4n) is 2.14. The fourth-order valence-corrected chi connectivity index (χ4v) is 2.14. The van der Waals surface area contributed by atoms with Crippen molar-refractivity contribution in [1.82, 2.24) is 14.9 Å². The van der Waals surface area contributed by atoms with Gasteiger partial charge in [0.15, 0.2) is 5.82 Å². The minimum Gasteiger partial charge on any atom is -0.340 e. The Bertz CT molecular complexity index is 753. The molecule has 0 N–H and O–H groups in total. The minimum absolute atomic E-state index is 0.00936. The van der Waals surface area contributed by atoms with Crippen LogP contribution in [0.1, 0.15) is 19.4 Å². The Balaban J connectivity index is 2.15. The summed E-state index contributed by atoms with van der Waals surface area (Å²) in [5, 5.41) is 10.8. The summed E-state index contributed by atoms with van der Waals surface area (Å²) in [5.41, 5.74) is 1.24. The summed E-state index contributed by atoms with van der Waals surface area (Å²) in [7, 11) is 0. The van der Waals surface area contributed by atoms with Crippen LogP contribution in [0.3, 0.4) is 0 Å². The monoisotopic (exact) mass is 326 g/mol. The molecular weight excluding hydrogens is 308 g/mol. The number of carbonyl (C=O) groups excluding carboxylic acids is 1. The first-order valence-electron chi connectivity index (χ1n) is 7.59. The lowest BCUT2D eigenvalue weighted by atomic mass is 10.2. The second kappa shape index (κ2) is 7.96. The number of rotatable bonds is 6. The van der Waals surface area contributed by atoms with Crippen molar-refractivity contribution < 1.29 is 9.72 Å². The van der Waals surface area contributed by atoms with Gasteiger partial charge in [-0.05, 0) is 19.9 Å². The lowest BCUT2D eigenvalue weighted by Gasteiger charge is -2.15. The van der Waals surface area contributed by atoms with Crippen LogP contribution in [0.25, 0.3) is 17.5 Å². The summed E-state index contributed by atoms with van der Waals surface area (Å²) >= 11 is 0. The molecule has 0 aliphatic heterocycles. The normalized spacial score (nSPS) is 10.8. The Labute approximate surface area is 139 Å². The quantitative estimate of drug-likeness (QED) is 0.462. The standard InChI is InChI=1S/C17H18N4O3/c1-3-20(4-2)16(22)9-8-13-11-18-17(19-12-13)14-6-5-7-15(10-14)21(23)24/h5-12H,3-4H2,1-2H3. The summed E-state index contributed by atoms with van der Waals surface area (Å²) in [6.07, 6.45) is 6.29. The van der Waals surface area contributed by atoms with Crippen LogP contribution in [-0.2, 0) is 4.79 Å². The number of nitro groups is 1. The maximum Gasteiger partial charge on any atom is 0.270 e. The molecule has 1 aromatic heterocycles. The van der Waals surface area contributed by atoms with Crippen molar-refractivity contribution in [3.05, 3.63) is 58.4 Å². The first-order chi connectivity index (χ1) is 11.5. The molecule has 1 heterocycles. The molecule has 2 aromatic rings. The Morgan fingerprint density at radius 3 is 2.50 bits per heavy atom. The fraction of sp³-hybridized carbons (Fsp3) is 0.235. The predicted molar refractivity (Wildman–Crippen MR) is 91.1 cm³/mol. The second-order valence-electron chi connectivity index (χ2n) is 4.99. The van der Waals surface area contributed by atoms with Gasteiger partial charge in [0.2, 0.25) is 5.91 Å². The van der Waals surface area contributed by atoms with Crippen molar-refractivity contribution in [1.29, 1.82) is 0 Å². The van der Waals surface area contributed by atoms with Crippen molar-refractivity contribution in [2.75, 3.05) is 13.1 Å². The van der Waals surface area contributed by atoms with Gasteiger partial charge in [-0.15, -0.1) is 0 Å². The van der Waals surface area contributed by atoms with Crippen LogP contribution in [0, 0.1) is 10.1 Å². The van der Waals surface area contributed by atoms with Gasteiger partial charge in [-0.25, -0.2) is 9.97 Å². The van der Waals surface area contributed by atoms with E-state index in [-0.39, 0.29) is 11.6 Å². The van der Waals surface area contributed by atoms with E-state index >= 15 is 0 Å². The van der Waals surface area contributed by atoms with Gasteiger partial charge < -0.3 is 4.90 Å². The van der Waals surface area contributed by atoms with Gasteiger partial charge in [0, 0.05) is 54.8 Å². The van der Waals surface area contributed by atoms with E-state index < -0.39 is 4.92 Å². The number of likely N-dealkylation sites (N-methyl/N-ethyl adjacent to an activating group) is 1. The molecule has 0 bridgehead atoms. The van der Waals surface area contributed by atoms with Crippen molar-refractivity contribution >= 4 is 17.7 Å². The third-order valence-corrected chi connectivity index (χ3v) is 3.48. The van der Waals surface area contributed by atoms with Crippen LogP contribution >= 0.6 is 0 Å². The topological polar surface area (TPSA) is 89.2 Å². The molecule has 124 valence electrons. The molecule has 0 saturated carbocycles. The zero-order valence-corrected chi connectivity index (χ0v) is 13.5. The van der Waals surface area contributed by atoms with Crippen LogP contribution in [0.15, 0.2) is 42.7 Å². The number of nitro benzene ring substituents is 1. The smallest absolute Gasteiger partial charge is 0.270 e. The summed E-state index contributed by atoms with van der Waals surface area (Å²) in [5.74, 6) is 0.327. The molecule has 1 amide bonds. The summed E-state index contributed by atoms with van der Waals surface area (Å²) in [6, 6.07) is 6.14. The molecule has 0 atom stereocenters. The highest BCUT2D eigenvalue weighted by molar-refractivity contribution is 5.91. The van der Waals surface area contributed by atoms with E-state index in [4.69, 9.17) is 0 Å². The molecule has 24 heavy (non-hydrogen) atoms. The molecule has 7 nitrogen and oxygen atoms in total. The number of hydrogen-bond donors (Lipinski definition) is 0. The van der Waals surface area contributed by atoms with Crippen LogP contribution in [-0.4, -0.2) is 38.8 Å². The van der Waals surface area contributed by atoms with Gasteiger partial charge >= 0.3 is 0 Å². The number of benzene rings is 1. The Hall–Kier alpha value is -3.09. The minimum atomic E-state index is -0.459. The number of hydrogen-bond acceptors (Lipinski definition) is 5. The first kappa shape index (κ1) is 17.3. The average Bonchev–Trinajstić information content (AvgIpc) is 2.61. The van der Waals surface area contributed by atoms with Crippen LogP contribution in [0.5, 0.6) is 0 Å². The van der Waals surface area contributed by atoms with Crippen LogP contribution in [0.4, 0.5) is 5.69 Å². The summed E-state index contributed by atoms with van der Waals surface area (Å²) in [4.78, 5) is 32.4. The third-order valence-electron chi connectivity index (χ3n) is 3.48. The highest BCUT2D eigenvalue weighted by Gasteiger charge is 2.09. The molecule has 7 heteroatoms. The van der Waals surface area contributed by atoms with E-state index in [0.717, 1.165) is 0 Å². The molecule has 1 aromatic carbocycles. The Morgan fingerprint density at radius 2 is 1.92 bits per heavy atom. The number of non-ortho nitro benzene ring substituents is 1. The van der Waals surface area contributed by atoms with Gasteiger partial charge in [-0.3, -0.25) is 14.9 Å². The molecule has 0 saturated heterocycles. The predicted octanol–water partition coefficient (Wildman–Crippen LogP) is 2.93. The molecule has 0 unspecified atom stereocenters. The molecule has 0 aliphatic rings. The molecular formula is C17H18N4O3. The second-order valence-corrected chi connectivity index (χ2v) is 4.99. The van der Waals surface area contributed by atoms with E-state index in [1.807, 2.05) is 13.8 Å². The summed E-state index contributed by atoms with van der Waals surface area (Å²) < 4.78 is 0. The van der Waals surface area contributed by atoms with Crippen molar-refractivity contribution in [2.45, 2.75) is 13.8 Å². The summed E-state index contributed by atoms with van der Waals surface area (Å²) in [6.45, 7) is 5.15. The highest BCUT2D eigenvalue weighted by Crippen LogP contribution is 2.20. The van der Waals surface area contributed by atoms with E-state index in [9.17, 15) is 14.9 Å². The molecule has 0 spiro atoms. The van der Waals surface area contributed by atoms with Crippen molar-refractivity contribution in [2.24, 2.45) is 0 Å². The SMILES string of the molecule is CCN(CC)C(=O)C=Cc1cnc(-c2cccc([N+](=O)[O-])c2)nc1. The zero-order chi connectivity index (χ0) is 17.5. The number of nitrogens with zero attached hydrogens (tertiary/aromatic N) is 4. The lowest BCUT2D eigenvalue weighted by Crippen LogP contribution is -2.28. The largest absolute Gasteiger partial charge is 0.340 e. The van der Waals surface area contributed by atoms with E-state index in [1.54, 1.807) is 35.5 Å². The van der Waals surface area contributed by atoms with Crippen LogP contribution < -0.4 is 0 Å². The van der Waals surface area contributed by atoms with Crippen molar-refractivity contribution in [3.8, 4) is 11.4 Å². The van der Waals surface area contributed by atoms with Gasteiger partial charge in [0.05, 0.1) is 4.92 Å². The van der Waals surface area contributed by atoms with Crippen LogP contribution in [0.2, 0.25) is 0 Å². The number of amides is 1. The molecule has 0 radical (unpaired) electrons. The molecule has 0 aliphatic carbocycles. The lowest BCUT2D eigenvalue weighted by molar-refractivity contribution is -0.384. The highest BCUT2D eigenvalue weighted by atomic mass is 16.6. The maximum atomic E-state index is 11.9. The van der Waals surface area contributed by atoms with E-state index in [2.05, 4.69) is 9.97 Å².